The molecule has 2 fully saturated rings. The zero-order valence-electron chi connectivity index (χ0n) is 16.8. The number of rotatable bonds is 6. The first-order valence-corrected chi connectivity index (χ1v) is 11.4. The van der Waals surface area contributed by atoms with E-state index >= 15 is 0 Å². The number of hydrogen-bond acceptors (Lipinski definition) is 6. The molecule has 1 aromatic carbocycles. The molecule has 1 aliphatic carbocycles. The van der Waals surface area contributed by atoms with Gasteiger partial charge in [0.05, 0.1) is 22.7 Å². The molecular weight excluding hydrogens is 396 g/mol. The third-order valence-electron chi connectivity index (χ3n) is 5.15. The molecule has 1 amide bonds. The van der Waals surface area contributed by atoms with Crippen LogP contribution in [0, 0.1) is 0 Å². The molecule has 9 heteroatoms. The van der Waals surface area contributed by atoms with E-state index in [2.05, 4.69) is 5.32 Å². The van der Waals surface area contributed by atoms with Crippen molar-refractivity contribution in [3.05, 3.63) is 29.8 Å². The van der Waals surface area contributed by atoms with E-state index < -0.39 is 16.0 Å². The van der Waals surface area contributed by atoms with Crippen LogP contribution < -0.4 is 5.32 Å². The molecule has 160 valence electrons. The molecule has 1 saturated heterocycles. The van der Waals surface area contributed by atoms with Crippen LogP contribution in [0.1, 0.15) is 49.9 Å². The van der Waals surface area contributed by atoms with E-state index in [9.17, 15) is 18.0 Å². The molecule has 1 aliphatic heterocycles. The number of esters is 1. The molecule has 0 aromatic heterocycles. The monoisotopic (exact) mass is 424 g/mol. The topological polar surface area (TPSA) is 102 Å². The predicted octanol–water partition coefficient (Wildman–Crippen LogP) is 1.70. The van der Waals surface area contributed by atoms with Gasteiger partial charge in [-0.2, -0.15) is 4.31 Å². The number of nitrogens with zero attached hydrogens (tertiary/aromatic N) is 1. The van der Waals surface area contributed by atoms with Crippen molar-refractivity contribution in [1.29, 1.82) is 0 Å². The second kappa shape index (κ2) is 9.23. The molecule has 29 heavy (non-hydrogen) atoms. The molecule has 1 saturated carbocycles. The van der Waals surface area contributed by atoms with E-state index in [4.69, 9.17) is 9.47 Å². The molecule has 2 atom stereocenters. The van der Waals surface area contributed by atoms with Gasteiger partial charge in [0.25, 0.3) is 5.91 Å². The summed E-state index contributed by atoms with van der Waals surface area (Å²) in [6.07, 6.45) is 3.65. The van der Waals surface area contributed by atoms with Crippen LogP contribution >= 0.6 is 0 Å². The summed E-state index contributed by atoms with van der Waals surface area (Å²) in [6, 6.07) is 5.85. The quantitative estimate of drug-likeness (QED) is 0.698. The summed E-state index contributed by atoms with van der Waals surface area (Å²) in [5.41, 5.74) is 0.0918. The van der Waals surface area contributed by atoms with Crippen LogP contribution in [0.2, 0.25) is 0 Å². The standard InChI is InChI=1S/C20H28N2O6S/c1-14-11-22(12-15(2)28-14)29(25,26)18-9-5-6-16(10-18)20(24)27-13-19(23)21-17-7-3-4-8-17/h5-6,9-10,14-15,17H,3-4,7-8,11-13H2,1-2H3,(H,21,23)/t14-,15-/m0/s1. The fourth-order valence-corrected chi connectivity index (χ4v) is 5.45. The second-order valence-corrected chi connectivity index (χ2v) is 9.67. The highest BCUT2D eigenvalue weighted by molar-refractivity contribution is 7.89. The van der Waals surface area contributed by atoms with Crippen LogP contribution in [0.3, 0.4) is 0 Å². The molecule has 0 bridgehead atoms. The first-order valence-electron chi connectivity index (χ1n) is 9.98. The Morgan fingerprint density at radius 3 is 2.48 bits per heavy atom. The number of hydrogen-bond donors (Lipinski definition) is 1. The highest BCUT2D eigenvalue weighted by atomic mass is 32.2. The Kier molecular flexibility index (Phi) is 6.92. The zero-order chi connectivity index (χ0) is 21.0. The summed E-state index contributed by atoms with van der Waals surface area (Å²) in [7, 11) is -3.76. The Bertz CT molecular complexity index is 840. The first-order chi connectivity index (χ1) is 13.8. The lowest BCUT2D eigenvalue weighted by Crippen LogP contribution is -2.48. The van der Waals surface area contributed by atoms with Gasteiger partial charge in [0.1, 0.15) is 0 Å². The third-order valence-corrected chi connectivity index (χ3v) is 6.98. The van der Waals surface area contributed by atoms with Crippen LogP contribution in [0.25, 0.3) is 0 Å². The normalized spacial score (nSPS) is 23.7. The number of carbonyl (C=O) groups excluding carboxylic acids is 2. The van der Waals surface area contributed by atoms with Gasteiger partial charge >= 0.3 is 5.97 Å². The number of benzene rings is 1. The lowest BCUT2D eigenvalue weighted by atomic mass is 10.2. The predicted molar refractivity (Wildman–Crippen MR) is 106 cm³/mol. The maximum absolute atomic E-state index is 13.0. The van der Waals surface area contributed by atoms with Gasteiger partial charge in [0, 0.05) is 19.1 Å². The second-order valence-electron chi connectivity index (χ2n) is 7.73. The Hall–Kier alpha value is -1.97. The highest BCUT2D eigenvalue weighted by Crippen LogP contribution is 2.22. The molecule has 1 N–H and O–H groups in total. The van der Waals surface area contributed by atoms with Gasteiger partial charge in [-0.05, 0) is 44.9 Å². The van der Waals surface area contributed by atoms with Crippen molar-refractivity contribution in [3.63, 3.8) is 0 Å². The Balaban J connectivity index is 1.63. The summed E-state index contributed by atoms with van der Waals surface area (Å²) in [4.78, 5) is 24.3. The number of amides is 1. The minimum absolute atomic E-state index is 0.0173. The van der Waals surface area contributed by atoms with Crippen molar-refractivity contribution in [2.75, 3.05) is 19.7 Å². The highest BCUT2D eigenvalue weighted by Gasteiger charge is 2.32. The van der Waals surface area contributed by atoms with Crippen molar-refractivity contribution < 1.29 is 27.5 Å². The number of nitrogens with one attached hydrogen (secondary N) is 1. The molecular formula is C20H28N2O6S. The van der Waals surface area contributed by atoms with Crippen LogP contribution in [0.4, 0.5) is 0 Å². The lowest BCUT2D eigenvalue weighted by molar-refractivity contribution is -0.124. The number of ether oxygens (including phenoxy) is 2. The molecule has 0 radical (unpaired) electrons. The lowest BCUT2D eigenvalue weighted by Gasteiger charge is -2.34. The van der Waals surface area contributed by atoms with Gasteiger partial charge in [-0.25, -0.2) is 13.2 Å². The summed E-state index contributed by atoms with van der Waals surface area (Å²) < 4.78 is 38.0. The summed E-state index contributed by atoms with van der Waals surface area (Å²) >= 11 is 0. The third kappa shape index (κ3) is 5.55. The van der Waals surface area contributed by atoms with E-state index in [0.29, 0.717) is 0 Å². The van der Waals surface area contributed by atoms with Gasteiger partial charge < -0.3 is 14.8 Å². The van der Waals surface area contributed by atoms with Gasteiger partial charge in [-0.15, -0.1) is 0 Å². The minimum atomic E-state index is -3.76. The van der Waals surface area contributed by atoms with Gasteiger partial charge in [0.15, 0.2) is 6.61 Å². The van der Waals surface area contributed by atoms with Crippen molar-refractivity contribution in [1.82, 2.24) is 9.62 Å². The smallest absolute Gasteiger partial charge is 0.338 e. The maximum atomic E-state index is 13.0. The molecule has 2 aliphatic rings. The molecule has 0 spiro atoms. The zero-order valence-corrected chi connectivity index (χ0v) is 17.6. The van der Waals surface area contributed by atoms with Gasteiger partial charge in [-0.1, -0.05) is 18.9 Å². The number of morpholine rings is 1. The van der Waals surface area contributed by atoms with Gasteiger partial charge in [0.2, 0.25) is 10.0 Å². The Morgan fingerprint density at radius 1 is 1.17 bits per heavy atom. The number of sulfonamides is 1. The first kappa shape index (κ1) is 21.7. The van der Waals surface area contributed by atoms with Crippen molar-refractivity contribution in [2.24, 2.45) is 0 Å². The van der Waals surface area contributed by atoms with Crippen molar-refractivity contribution in [3.8, 4) is 0 Å². The summed E-state index contributed by atoms with van der Waals surface area (Å²) in [5, 5.41) is 2.84. The molecule has 3 rings (SSSR count). The van der Waals surface area contributed by atoms with Gasteiger partial charge in [-0.3, -0.25) is 4.79 Å². The molecule has 8 nitrogen and oxygen atoms in total. The fourth-order valence-electron chi connectivity index (χ4n) is 3.81. The average molecular weight is 425 g/mol. The van der Waals surface area contributed by atoms with Crippen molar-refractivity contribution in [2.45, 2.75) is 62.7 Å². The van der Waals surface area contributed by atoms with Crippen molar-refractivity contribution >= 4 is 21.9 Å². The molecule has 0 unspecified atom stereocenters. The van der Waals surface area contributed by atoms with Crippen LogP contribution in [-0.2, 0) is 24.3 Å². The van der Waals surface area contributed by atoms with Crippen LogP contribution in [0.5, 0.6) is 0 Å². The summed E-state index contributed by atoms with van der Waals surface area (Å²) in [6.45, 7) is 3.77. The summed E-state index contributed by atoms with van der Waals surface area (Å²) in [5.74, 6) is -1.07. The van der Waals surface area contributed by atoms with Crippen LogP contribution in [-0.4, -0.2) is 62.5 Å². The Labute approximate surface area is 171 Å². The average Bonchev–Trinajstić information content (AvgIpc) is 3.18. The maximum Gasteiger partial charge on any atom is 0.338 e. The molecule has 1 aromatic rings. The van der Waals surface area contributed by atoms with Crippen LogP contribution in [0.15, 0.2) is 29.2 Å². The van der Waals surface area contributed by atoms with E-state index in [0.717, 1.165) is 25.7 Å². The molecule has 1 heterocycles. The van der Waals surface area contributed by atoms with E-state index in [-0.39, 0.29) is 54.3 Å². The largest absolute Gasteiger partial charge is 0.452 e. The van der Waals surface area contributed by atoms with E-state index in [1.54, 1.807) is 0 Å². The van der Waals surface area contributed by atoms with E-state index in [1.165, 1.54) is 28.6 Å². The van der Waals surface area contributed by atoms with E-state index in [1.807, 2.05) is 13.8 Å². The SMILES string of the molecule is C[C@H]1CN(S(=O)(=O)c2cccc(C(=O)OCC(=O)NC3CCCC3)c2)C[C@H](C)O1. The number of carbonyl (C=O) groups is 2. The fraction of sp³-hybridized carbons (Fsp3) is 0.600. The minimum Gasteiger partial charge on any atom is -0.452 e. The Morgan fingerprint density at radius 2 is 1.83 bits per heavy atom.